The highest BCUT2D eigenvalue weighted by atomic mass is 16.5. The van der Waals surface area contributed by atoms with Gasteiger partial charge in [0.25, 0.3) is 12.9 Å². The molecule has 12 nitrogen and oxygen atoms in total. The van der Waals surface area contributed by atoms with E-state index in [2.05, 4.69) is 36.7 Å². The van der Waals surface area contributed by atoms with E-state index in [1.54, 1.807) is 19.8 Å². The smallest absolute Gasteiger partial charge is 0.290 e. The molecule has 1 unspecified atom stereocenters. The van der Waals surface area contributed by atoms with Crippen LogP contribution in [0.2, 0.25) is 0 Å². The lowest BCUT2D eigenvalue weighted by molar-refractivity contribution is -0.123. The molecule has 0 amide bonds. The van der Waals surface area contributed by atoms with Gasteiger partial charge in [-0.25, -0.2) is 0 Å². The summed E-state index contributed by atoms with van der Waals surface area (Å²) < 4.78 is 13.5. The first-order chi connectivity index (χ1) is 17.5. The normalized spacial score (nSPS) is 17.2. The molecule has 3 N–H and O–H groups in total. The van der Waals surface area contributed by atoms with Crippen LogP contribution in [0.1, 0.15) is 37.3 Å². The van der Waals surface area contributed by atoms with Crippen LogP contribution in [0.15, 0.2) is 30.9 Å². The number of hydrogen-bond acceptors (Lipinski definition) is 9. The highest BCUT2D eigenvalue weighted by Crippen LogP contribution is 2.29. The fourth-order valence-electron chi connectivity index (χ4n) is 4.47. The molecular weight excluding hydrogens is 470 g/mol. The number of β-amino-alcohol motifs (C(OH)–C–C–N with tert-alkyl or cyclic N) is 1. The van der Waals surface area contributed by atoms with Crippen molar-refractivity contribution in [3.8, 4) is 11.5 Å². The molecule has 2 fully saturated rings. The van der Waals surface area contributed by atoms with Gasteiger partial charge in [0.15, 0.2) is 11.5 Å². The molecule has 2 aliphatic heterocycles. The zero-order valence-corrected chi connectivity index (χ0v) is 20.7. The summed E-state index contributed by atoms with van der Waals surface area (Å²) in [5.74, 6) is 1.42. The summed E-state index contributed by atoms with van der Waals surface area (Å²) in [5, 5.41) is 32.1. The summed E-state index contributed by atoms with van der Waals surface area (Å²) >= 11 is 0. The van der Waals surface area contributed by atoms with Crippen molar-refractivity contribution < 1.29 is 34.4 Å². The fourth-order valence-corrected chi connectivity index (χ4v) is 4.47. The molecule has 0 bridgehead atoms. The highest BCUT2D eigenvalue weighted by Gasteiger charge is 2.22. The molecule has 0 spiro atoms. The molecule has 0 radical (unpaired) electrons. The Bertz CT molecular complexity index is 864. The van der Waals surface area contributed by atoms with Gasteiger partial charge in [-0.3, -0.25) is 14.5 Å². The Morgan fingerprint density at radius 3 is 2.19 bits per heavy atom. The summed E-state index contributed by atoms with van der Waals surface area (Å²) in [4.78, 5) is 21.5. The Balaban J connectivity index is 0.000000693. The molecule has 0 saturated carbocycles. The maximum Gasteiger partial charge on any atom is 0.290 e. The van der Waals surface area contributed by atoms with Crippen molar-refractivity contribution >= 4 is 12.9 Å². The first kappa shape index (κ1) is 29.0. The van der Waals surface area contributed by atoms with Gasteiger partial charge in [-0.2, -0.15) is 0 Å². The van der Waals surface area contributed by atoms with E-state index >= 15 is 0 Å². The number of nitrogens with zero attached hydrogens (tertiary/aromatic N) is 5. The largest absolute Gasteiger partial charge is 0.493 e. The van der Waals surface area contributed by atoms with E-state index < -0.39 is 6.10 Å². The first-order valence-corrected chi connectivity index (χ1v) is 12.0. The standard InChI is InChI=1S/C22H33N5O3.2CH2O2/c1-29-21-5-4-18(13-25-8-2-3-9-25)12-22(21)30-15-20(28)14-26-10-6-19(7-11-26)27-16-23-24-17-27;2*2-1-3/h4-5,12,16-17,19-20,28H,2-3,6-11,13-15H2,1H3;2*1H,(H,2,3). The van der Waals surface area contributed by atoms with Gasteiger partial charge >= 0.3 is 0 Å². The second-order valence-electron chi connectivity index (χ2n) is 8.58. The van der Waals surface area contributed by atoms with Crippen LogP contribution in [-0.2, 0) is 16.1 Å². The van der Waals surface area contributed by atoms with Gasteiger partial charge in [-0.15, -0.1) is 10.2 Å². The number of aliphatic hydroxyl groups is 1. The van der Waals surface area contributed by atoms with Crippen LogP contribution in [0.5, 0.6) is 11.5 Å². The second kappa shape index (κ2) is 16.5. The SMILES string of the molecule is COc1ccc(CN2CCCC2)cc1OCC(O)CN1CCC(n2cnnc2)CC1.O=CO.O=CO. The Hall–Kier alpha value is -3.22. The summed E-state index contributed by atoms with van der Waals surface area (Å²) in [6.45, 7) is 5.54. The molecule has 1 aromatic heterocycles. The van der Waals surface area contributed by atoms with E-state index in [4.69, 9.17) is 29.3 Å². The third-order valence-electron chi connectivity index (χ3n) is 6.15. The molecular formula is C24H37N5O7. The maximum absolute atomic E-state index is 10.5. The number of aromatic nitrogens is 3. The number of benzene rings is 1. The predicted octanol–water partition coefficient (Wildman–Crippen LogP) is 1.36. The molecule has 12 heteroatoms. The number of ether oxygens (including phenoxy) is 2. The van der Waals surface area contributed by atoms with Crippen LogP contribution >= 0.6 is 0 Å². The quantitative estimate of drug-likeness (QED) is 0.422. The lowest BCUT2D eigenvalue weighted by Gasteiger charge is -2.33. The molecule has 36 heavy (non-hydrogen) atoms. The van der Waals surface area contributed by atoms with E-state index in [0.29, 0.717) is 24.1 Å². The summed E-state index contributed by atoms with van der Waals surface area (Å²) in [7, 11) is 1.65. The zero-order chi connectivity index (χ0) is 26.2. The fraction of sp³-hybridized carbons (Fsp3) is 0.583. The van der Waals surface area contributed by atoms with Crippen molar-refractivity contribution in [2.75, 3.05) is 46.4 Å². The molecule has 4 rings (SSSR count). The Morgan fingerprint density at radius 1 is 1.00 bits per heavy atom. The van der Waals surface area contributed by atoms with Gasteiger partial charge in [0.2, 0.25) is 0 Å². The maximum atomic E-state index is 10.5. The first-order valence-electron chi connectivity index (χ1n) is 12.0. The minimum atomic E-state index is -0.539. The van der Waals surface area contributed by atoms with Crippen LogP contribution in [0.3, 0.4) is 0 Å². The van der Waals surface area contributed by atoms with E-state index in [0.717, 1.165) is 45.6 Å². The van der Waals surface area contributed by atoms with Crippen molar-refractivity contribution in [3.05, 3.63) is 36.4 Å². The summed E-state index contributed by atoms with van der Waals surface area (Å²) in [6, 6.07) is 6.56. The third kappa shape index (κ3) is 9.80. The average Bonchev–Trinajstić information content (AvgIpc) is 3.59. The molecule has 1 atom stereocenters. The summed E-state index contributed by atoms with van der Waals surface area (Å²) in [6.07, 6.45) is 7.67. The van der Waals surface area contributed by atoms with Crippen molar-refractivity contribution in [2.24, 2.45) is 0 Å². The number of likely N-dealkylation sites (tertiary alicyclic amines) is 2. The van der Waals surface area contributed by atoms with Gasteiger partial charge in [-0.05, 0) is 56.5 Å². The van der Waals surface area contributed by atoms with Gasteiger partial charge < -0.3 is 34.3 Å². The number of hydrogen-bond donors (Lipinski definition) is 3. The van der Waals surface area contributed by atoms with Gasteiger partial charge in [0.1, 0.15) is 25.4 Å². The van der Waals surface area contributed by atoms with Gasteiger partial charge in [0, 0.05) is 32.2 Å². The number of piperidine rings is 1. The van der Waals surface area contributed by atoms with Crippen LogP contribution < -0.4 is 9.47 Å². The Kier molecular flexibility index (Phi) is 13.3. The van der Waals surface area contributed by atoms with Crippen LogP contribution in [0.4, 0.5) is 0 Å². The molecule has 0 aliphatic carbocycles. The van der Waals surface area contributed by atoms with Crippen molar-refractivity contribution in [1.29, 1.82) is 0 Å². The van der Waals surface area contributed by atoms with Crippen LogP contribution in [-0.4, -0.2) is 105 Å². The van der Waals surface area contributed by atoms with Gasteiger partial charge in [-0.1, -0.05) is 6.07 Å². The topological polar surface area (TPSA) is 150 Å². The Labute approximate surface area is 211 Å². The number of carboxylic acid groups (broad SMARTS) is 2. The number of aliphatic hydroxyl groups excluding tert-OH is 1. The van der Waals surface area contributed by atoms with E-state index in [9.17, 15) is 5.11 Å². The number of methoxy groups -OCH3 is 1. The lowest BCUT2D eigenvalue weighted by atomic mass is 10.0. The molecule has 2 aliphatic rings. The van der Waals surface area contributed by atoms with Crippen LogP contribution in [0, 0.1) is 0 Å². The average molecular weight is 508 g/mol. The zero-order valence-electron chi connectivity index (χ0n) is 20.7. The van der Waals surface area contributed by atoms with Crippen molar-refractivity contribution in [2.45, 2.75) is 44.4 Å². The lowest BCUT2D eigenvalue weighted by Crippen LogP contribution is -2.41. The molecule has 2 aromatic rings. The molecule has 200 valence electrons. The minimum absolute atomic E-state index is 0.250. The van der Waals surface area contributed by atoms with E-state index in [-0.39, 0.29) is 19.6 Å². The highest BCUT2D eigenvalue weighted by molar-refractivity contribution is 5.43. The molecule has 2 saturated heterocycles. The Morgan fingerprint density at radius 2 is 1.61 bits per heavy atom. The van der Waals surface area contributed by atoms with Crippen molar-refractivity contribution in [1.82, 2.24) is 24.6 Å². The number of carbonyl (C=O) groups is 2. The van der Waals surface area contributed by atoms with E-state index in [1.807, 2.05) is 6.07 Å². The third-order valence-corrected chi connectivity index (χ3v) is 6.15. The number of rotatable bonds is 9. The molecule has 1 aromatic carbocycles. The van der Waals surface area contributed by atoms with Gasteiger partial charge in [0.05, 0.1) is 7.11 Å². The van der Waals surface area contributed by atoms with Crippen molar-refractivity contribution in [3.63, 3.8) is 0 Å². The monoisotopic (exact) mass is 507 g/mol. The van der Waals surface area contributed by atoms with Crippen LogP contribution in [0.25, 0.3) is 0 Å². The minimum Gasteiger partial charge on any atom is -0.493 e. The molecule has 3 heterocycles. The summed E-state index contributed by atoms with van der Waals surface area (Å²) in [5.41, 5.74) is 1.22. The predicted molar refractivity (Wildman–Crippen MR) is 131 cm³/mol. The van der Waals surface area contributed by atoms with E-state index in [1.165, 1.54) is 18.4 Å². The second-order valence-corrected chi connectivity index (χ2v) is 8.58.